The Morgan fingerprint density at radius 2 is 1.81 bits per heavy atom. The number of rotatable bonds is 9. The van der Waals surface area contributed by atoms with Crippen LogP contribution >= 0.6 is 0 Å². The molecule has 0 bridgehead atoms. The van der Waals surface area contributed by atoms with Crippen molar-refractivity contribution in [2.45, 2.75) is 11.4 Å². The summed E-state index contributed by atoms with van der Waals surface area (Å²) in [6.07, 6.45) is 1.45. The van der Waals surface area contributed by atoms with Crippen molar-refractivity contribution in [1.82, 2.24) is 5.32 Å². The third kappa shape index (κ3) is 4.97. The van der Waals surface area contributed by atoms with Gasteiger partial charge in [-0.3, -0.25) is 9.10 Å². The first-order valence-corrected chi connectivity index (χ1v) is 10.6. The monoisotopic (exact) mass is 448 g/mol. The standard InChI is InChI=1S/C21H21FN2O6S/c1-28-19-10-9-16(12-20(19)29-2)31(26,27)24(18-8-4-3-7-17(18)22)14-21(25)23-13-15-6-5-11-30-15/h3-12H,13-14H2,1-2H3,(H,23,25). The number of amides is 1. The maximum Gasteiger partial charge on any atom is 0.265 e. The maximum absolute atomic E-state index is 14.5. The number of hydrogen-bond acceptors (Lipinski definition) is 6. The zero-order chi connectivity index (χ0) is 22.4. The molecule has 3 rings (SSSR count). The van der Waals surface area contributed by atoms with E-state index in [0.29, 0.717) is 15.8 Å². The first-order chi connectivity index (χ1) is 14.9. The van der Waals surface area contributed by atoms with Crippen LogP contribution in [0.4, 0.5) is 10.1 Å². The number of carbonyl (C=O) groups is 1. The van der Waals surface area contributed by atoms with Crippen LogP contribution in [0.3, 0.4) is 0 Å². The summed E-state index contributed by atoms with van der Waals surface area (Å²) in [5.41, 5.74) is -0.259. The molecule has 0 aliphatic carbocycles. The van der Waals surface area contributed by atoms with E-state index in [4.69, 9.17) is 13.9 Å². The zero-order valence-electron chi connectivity index (χ0n) is 16.9. The Morgan fingerprint density at radius 1 is 1.06 bits per heavy atom. The molecule has 8 nitrogen and oxygen atoms in total. The number of benzene rings is 2. The lowest BCUT2D eigenvalue weighted by atomic mass is 10.3. The van der Waals surface area contributed by atoms with Gasteiger partial charge in [0.15, 0.2) is 11.5 Å². The number of hydrogen-bond donors (Lipinski definition) is 1. The molecule has 1 heterocycles. The van der Waals surface area contributed by atoms with Crippen LogP contribution in [0.2, 0.25) is 0 Å². The minimum Gasteiger partial charge on any atom is -0.493 e. The summed E-state index contributed by atoms with van der Waals surface area (Å²) in [4.78, 5) is 12.3. The number of methoxy groups -OCH3 is 2. The van der Waals surface area contributed by atoms with E-state index in [1.807, 2.05) is 0 Å². The lowest BCUT2D eigenvalue weighted by molar-refractivity contribution is -0.119. The molecule has 0 unspecified atom stereocenters. The van der Waals surface area contributed by atoms with Gasteiger partial charge < -0.3 is 19.2 Å². The third-order valence-electron chi connectivity index (χ3n) is 4.39. The molecule has 0 radical (unpaired) electrons. The second kappa shape index (κ2) is 9.52. The molecular weight excluding hydrogens is 427 g/mol. The number of para-hydroxylation sites is 1. The lowest BCUT2D eigenvalue weighted by Crippen LogP contribution is -2.41. The van der Waals surface area contributed by atoms with E-state index >= 15 is 0 Å². The molecule has 0 atom stereocenters. The zero-order valence-corrected chi connectivity index (χ0v) is 17.7. The predicted molar refractivity (Wildman–Crippen MR) is 111 cm³/mol. The smallest absolute Gasteiger partial charge is 0.265 e. The molecule has 1 amide bonds. The molecule has 1 N–H and O–H groups in total. The summed E-state index contributed by atoms with van der Waals surface area (Å²) < 4.78 is 57.4. The van der Waals surface area contributed by atoms with Crippen molar-refractivity contribution in [3.63, 3.8) is 0 Å². The number of ether oxygens (including phenoxy) is 2. The first kappa shape index (κ1) is 22.2. The fourth-order valence-corrected chi connectivity index (χ4v) is 4.29. The molecule has 164 valence electrons. The van der Waals surface area contributed by atoms with Crippen LogP contribution in [0.15, 0.2) is 70.2 Å². The van der Waals surface area contributed by atoms with Gasteiger partial charge in [0.25, 0.3) is 10.0 Å². The molecule has 0 saturated carbocycles. The molecule has 0 aliphatic heterocycles. The maximum atomic E-state index is 14.5. The number of halogens is 1. The number of carbonyl (C=O) groups excluding carboxylic acids is 1. The van der Waals surface area contributed by atoms with Crippen molar-refractivity contribution in [2.75, 3.05) is 25.1 Å². The molecule has 1 aromatic heterocycles. The highest BCUT2D eigenvalue weighted by Crippen LogP contribution is 2.32. The Balaban J connectivity index is 1.95. The molecule has 0 aliphatic rings. The Hall–Kier alpha value is -3.53. The SMILES string of the molecule is COc1ccc(S(=O)(=O)N(CC(=O)NCc2ccco2)c2ccccc2F)cc1OC. The molecule has 10 heteroatoms. The van der Waals surface area contributed by atoms with E-state index in [-0.39, 0.29) is 22.9 Å². The predicted octanol–water partition coefficient (Wildman–Crippen LogP) is 2.95. The fourth-order valence-electron chi connectivity index (χ4n) is 2.84. The van der Waals surface area contributed by atoms with Gasteiger partial charge in [0.2, 0.25) is 5.91 Å². The van der Waals surface area contributed by atoms with Crippen molar-refractivity contribution >= 4 is 21.6 Å². The van der Waals surface area contributed by atoms with Crippen LogP contribution in [0.5, 0.6) is 11.5 Å². The Labute approximate surface area is 179 Å². The Bertz CT molecular complexity index is 1150. The van der Waals surface area contributed by atoms with Gasteiger partial charge >= 0.3 is 0 Å². The number of nitrogens with zero attached hydrogens (tertiary/aromatic N) is 1. The topological polar surface area (TPSA) is 98.1 Å². The summed E-state index contributed by atoms with van der Waals surface area (Å²) in [6, 6.07) is 12.6. The summed E-state index contributed by atoms with van der Waals surface area (Å²) in [6.45, 7) is -0.578. The third-order valence-corrected chi connectivity index (χ3v) is 6.15. The average molecular weight is 448 g/mol. The molecule has 0 spiro atoms. The van der Waals surface area contributed by atoms with Crippen molar-refractivity contribution in [3.05, 3.63) is 72.4 Å². The van der Waals surface area contributed by atoms with Gasteiger partial charge in [0, 0.05) is 6.07 Å². The minimum absolute atomic E-state index is 0.0628. The lowest BCUT2D eigenvalue weighted by Gasteiger charge is -2.24. The molecule has 2 aromatic carbocycles. The summed E-state index contributed by atoms with van der Waals surface area (Å²) in [5, 5.41) is 2.56. The quantitative estimate of drug-likeness (QED) is 0.541. The van der Waals surface area contributed by atoms with Crippen molar-refractivity contribution in [1.29, 1.82) is 0 Å². The fraction of sp³-hybridized carbons (Fsp3) is 0.190. The second-order valence-corrected chi connectivity index (χ2v) is 8.20. The van der Waals surface area contributed by atoms with E-state index in [1.54, 1.807) is 12.1 Å². The Kier molecular flexibility index (Phi) is 6.81. The van der Waals surface area contributed by atoms with Gasteiger partial charge in [-0.15, -0.1) is 0 Å². The van der Waals surface area contributed by atoms with Crippen LogP contribution < -0.4 is 19.1 Å². The van der Waals surface area contributed by atoms with E-state index in [0.717, 1.165) is 6.07 Å². The van der Waals surface area contributed by atoms with Gasteiger partial charge in [0.1, 0.15) is 18.1 Å². The largest absolute Gasteiger partial charge is 0.493 e. The summed E-state index contributed by atoms with van der Waals surface area (Å²) >= 11 is 0. The molecular formula is C21H21FN2O6S. The van der Waals surface area contributed by atoms with Crippen LogP contribution in [0.25, 0.3) is 0 Å². The molecule has 3 aromatic rings. The van der Waals surface area contributed by atoms with Crippen molar-refractivity contribution < 1.29 is 31.5 Å². The van der Waals surface area contributed by atoms with E-state index < -0.39 is 28.3 Å². The number of sulfonamides is 1. The molecule has 0 fully saturated rings. The summed E-state index contributed by atoms with van der Waals surface area (Å²) in [7, 11) is -1.54. The van der Waals surface area contributed by atoms with Crippen molar-refractivity contribution in [2.24, 2.45) is 0 Å². The van der Waals surface area contributed by atoms with E-state index in [9.17, 15) is 17.6 Å². The van der Waals surface area contributed by atoms with Crippen LogP contribution in [-0.2, 0) is 21.4 Å². The van der Waals surface area contributed by atoms with Gasteiger partial charge in [0.05, 0.1) is 37.6 Å². The van der Waals surface area contributed by atoms with Gasteiger partial charge in [-0.25, -0.2) is 12.8 Å². The van der Waals surface area contributed by atoms with Gasteiger partial charge in [-0.1, -0.05) is 12.1 Å². The van der Waals surface area contributed by atoms with E-state index in [2.05, 4.69) is 5.32 Å². The van der Waals surface area contributed by atoms with Crippen LogP contribution in [0, 0.1) is 5.82 Å². The Morgan fingerprint density at radius 3 is 2.45 bits per heavy atom. The van der Waals surface area contributed by atoms with Crippen molar-refractivity contribution in [3.8, 4) is 11.5 Å². The highest BCUT2D eigenvalue weighted by atomic mass is 32.2. The van der Waals surface area contributed by atoms with E-state index in [1.165, 1.54) is 56.9 Å². The van der Waals surface area contributed by atoms with Crippen LogP contribution in [-0.4, -0.2) is 35.1 Å². The van der Waals surface area contributed by atoms with Gasteiger partial charge in [-0.05, 0) is 36.4 Å². The number of anilines is 1. The normalized spacial score (nSPS) is 11.1. The summed E-state index contributed by atoms with van der Waals surface area (Å²) in [5.74, 6) is -0.419. The second-order valence-electron chi connectivity index (χ2n) is 6.34. The van der Waals surface area contributed by atoms with Crippen LogP contribution in [0.1, 0.15) is 5.76 Å². The highest BCUT2D eigenvalue weighted by molar-refractivity contribution is 7.92. The average Bonchev–Trinajstić information content (AvgIpc) is 3.29. The molecule has 31 heavy (non-hydrogen) atoms. The first-order valence-electron chi connectivity index (χ1n) is 9.15. The van der Waals surface area contributed by atoms with Gasteiger partial charge in [-0.2, -0.15) is 0 Å². The highest BCUT2D eigenvalue weighted by Gasteiger charge is 2.30. The minimum atomic E-state index is -4.33. The molecule has 0 saturated heterocycles. The number of furan rings is 1. The number of nitrogens with one attached hydrogen (secondary N) is 1.